The van der Waals surface area contributed by atoms with Crippen LogP contribution in [0.2, 0.25) is 0 Å². The number of rotatable bonds is 7. The van der Waals surface area contributed by atoms with E-state index in [-0.39, 0.29) is 47.7 Å². The van der Waals surface area contributed by atoms with Gasteiger partial charge in [0.2, 0.25) is 0 Å². The molecule has 1 N–H and O–H groups in total. The van der Waals surface area contributed by atoms with Crippen LogP contribution in [0.25, 0.3) is 0 Å². The molecule has 4 aliphatic carbocycles. The number of allylic oxidation sites excluding steroid dienone is 1. The fourth-order valence-electron chi connectivity index (χ4n) is 9.65. The molecule has 35 heavy (non-hydrogen) atoms. The van der Waals surface area contributed by atoms with Crippen molar-refractivity contribution in [1.82, 2.24) is 0 Å². The summed E-state index contributed by atoms with van der Waals surface area (Å²) in [6.07, 6.45) is 5.88. The van der Waals surface area contributed by atoms with E-state index in [1.54, 1.807) is 7.11 Å². The maximum atomic E-state index is 13.5. The average molecular weight is 507 g/mol. The summed E-state index contributed by atoms with van der Waals surface area (Å²) in [6.45, 7) is 10.8. The molecule has 0 aromatic carbocycles. The van der Waals surface area contributed by atoms with E-state index in [4.69, 9.17) is 26.8 Å². The monoisotopic (exact) mass is 506 g/mol. The molecule has 0 amide bonds. The van der Waals surface area contributed by atoms with E-state index in [0.717, 1.165) is 31.1 Å². The third kappa shape index (κ3) is 3.01. The van der Waals surface area contributed by atoms with E-state index in [9.17, 15) is 14.7 Å². The summed E-state index contributed by atoms with van der Waals surface area (Å²) < 4.78 is 18.4. The molecule has 4 bridgehead atoms. The Labute approximate surface area is 214 Å². The zero-order valence-electron chi connectivity index (χ0n) is 21.9. The molecule has 7 unspecified atom stereocenters. The van der Waals surface area contributed by atoms with Gasteiger partial charge in [-0.15, -0.1) is 0 Å². The third-order valence-electron chi connectivity index (χ3n) is 11.0. The SMILES string of the molecule is CO[C@H]1[C@H](C)[C@@H](S)[C@H](OCC23CC4C(C)CCC4C4(C=O)CC2C=C(C(C)C)C43C(=O)O)O[C@@H]1C. The van der Waals surface area contributed by atoms with E-state index in [1.807, 2.05) is 6.92 Å². The van der Waals surface area contributed by atoms with Gasteiger partial charge < -0.3 is 24.1 Å². The van der Waals surface area contributed by atoms with Gasteiger partial charge in [-0.3, -0.25) is 4.79 Å². The Hall–Kier alpha value is -0.890. The number of thiol groups is 1. The van der Waals surface area contributed by atoms with Crippen LogP contribution in [0.5, 0.6) is 0 Å². The molecule has 6 nitrogen and oxygen atoms in total. The van der Waals surface area contributed by atoms with Gasteiger partial charge in [-0.2, -0.15) is 12.6 Å². The van der Waals surface area contributed by atoms with Crippen molar-refractivity contribution in [3.63, 3.8) is 0 Å². The first-order valence-corrected chi connectivity index (χ1v) is 13.9. The molecule has 0 radical (unpaired) electrons. The maximum Gasteiger partial charge on any atom is 0.315 e. The molecule has 1 saturated heterocycles. The Balaban J connectivity index is 1.57. The Morgan fingerprint density at radius 2 is 2.00 bits per heavy atom. The predicted molar refractivity (Wildman–Crippen MR) is 135 cm³/mol. The van der Waals surface area contributed by atoms with Crippen molar-refractivity contribution in [2.24, 2.45) is 51.8 Å². The number of aliphatic carboxylic acids is 1. The molecular formula is C28H42O6S. The molecule has 1 aliphatic heterocycles. The van der Waals surface area contributed by atoms with Gasteiger partial charge in [-0.25, -0.2) is 0 Å². The van der Waals surface area contributed by atoms with Gasteiger partial charge in [-0.05, 0) is 55.8 Å². The summed E-state index contributed by atoms with van der Waals surface area (Å²) in [7, 11) is 1.69. The summed E-state index contributed by atoms with van der Waals surface area (Å²) in [5, 5.41) is 10.9. The lowest BCUT2D eigenvalue weighted by atomic mass is 9.43. The lowest BCUT2D eigenvalue weighted by molar-refractivity contribution is -0.252. The minimum atomic E-state index is -1.22. The number of carboxylic acid groups (broad SMARTS) is 1. The average Bonchev–Trinajstić information content (AvgIpc) is 3.38. The molecule has 3 saturated carbocycles. The van der Waals surface area contributed by atoms with E-state index < -0.39 is 28.5 Å². The minimum absolute atomic E-state index is 0.0162. The molecule has 7 heteroatoms. The van der Waals surface area contributed by atoms with Gasteiger partial charge in [0.1, 0.15) is 11.7 Å². The van der Waals surface area contributed by atoms with Crippen LogP contribution in [0.4, 0.5) is 0 Å². The highest BCUT2D eigenvalue weighted by Gasteiger charge is 2.84. The fraction of sp³-hybridized carbons (Fsp3) is 0.857. The number of aldehydes is 1. The van der Waals surface area contributed by atoms with E-state index >= 15 is 0 Å². The largest absolute Gasteiger partial charge is 0.481 e. The first kappa shape index (κ1) is 25.7. The topological polar surface area (TPSA) is 82.1 Å². The second kappa shape index (κ2) is 8.57. The summed E-state index contributed by atoms with van der Waals surface area (Å²) in [5.41, 5.74) is -1.81. The molecule has 0 spiro atoms. The first-order chi connectivity index (χ1) is 16.5. The highest BCUT2D eigenvalue weighted by atomic mass is 32.1. The number of carboxylic acids is 1. The quantitative estimate of drug-likeness (QED) is 0.298. The normalized spacial score (nSPS) is 52.5. The van der Waals surface area contributed by atoms with Crippen LogP contribution in [0.15, 0.2) is 11.6 Å². The zero-order valence-corrected chi connectivity index (χ0v) is 22.8. The number of carbonyl (C=O) groups excluding carboxylic acids is 1. The van der Waals surface area contributed by atoms with Crippen LogP contribution in [-0.2, 0) is 23.8 Å². The molecule has 12 atom stereocenters. The molecule has 4 fully saturated rings. The van der Waals surface area contributed by atoms with Crippen molar-refractivity contribution in [2.75, 3.05) is 13.7 Å². The van der Waals surface area contributed by atoms with Crippen LogP contribution in [0.3, 0.4) is 0 Å². The van der Waals surface area contributed by atoms with Gasteiger partial charge >= 0.3 is 5.97 Å². The van der Waals surface area contributed by atoms with Gasteiger partial charge in [-0.1, -0.05) is 45.8 Å². The Kier molecular flexibility index (Phi) is 6.31. The van der Waals surface area contributed by atoms with Gasteiger partial charge in [0.25, 0.3) is 0 Å². The van der Waals surface area contributed by atoms with Crippen molar-refractivity contribution in [3.05, 3.63) is 11.6 Å². The Bertz CT molecular complexity index is 919. The molecule has 1 heterocycles. The first-order valence-electron chi connectivity index (χ1n) is 13.4. The van der Waals surface area contributed by atoms with Crippen LogP contribution >= 0.6 is 12.6 Å². The van der Waals surface area contributed by atoms with Crippen molar-refractivity contribution in [3.8, 4) is 0 Å². The molecule has 5 rings (SSSR count). The molecule has 0 aromatic rings. The van der Waals surface area contributed by atoms with Gasteiger partial charge in [0, 0.05) is 18.4 Å². The van der Waals surface area contributed by atoms with Gasteiger partial charge in [0.15, 0.2) is 6.29 Å². The highest BCUT2D eigenvalue weighted by molar-refractivity contribution is 7.81. The summed E-state index contributed by atoms with van der Waals surface area (Å²) in [4.78, 5) is 26.7. The summed E-state index contributed by atoms with van der Waals surface area (Å²) >= 11 is 4.84. The lowest BCUT2D eigenvalue weighted by Gasteiger charge is -2.58. The number of fused-ring (bicyclic) bond motifs is 2. The predicted octanol–water partition coefficient (Wildman–Crippen LogP) is 4.62. The van der Waals surface area contributed by atoms with Crippen molar-refractivity contribution in [1.29, 1.82) is 0 Å². The standard InChI is InChI=1S/C28H42O6S/c1-14(2)21-9-18-10-26(12-29)20-8-7-15(3)19(20)11-27(18,28(21,26)25(30)31)13-33-24-23(35)16(4)22(32-6)17(5)34-24/h9,12,14-20,22-24,35H,7-8,10-11,13H2,1-6H3,(H,30,31)/t15?,16-,17+,18?,19?,20?,22-,23+,24+,26?,27?,28?/m0/s1. The molecular weight excluding hydrogens is 464 g/mol. The molecule has 0 aromatic heterocycles. The molecule has 5 aliphatic rings. The Morgan fingerprint density at radius 1 is 1.29 bits per heavy atom. The van der Waals surface area contributed by atoms with Crippen LogP contribution in [0.1, 0.15) is 60.3 Å². The smallest absolute Gasteiger partial charge is 0.315 e. The highest BCUT2D eigenvalue weighted by Crippen LogP contribution is 2.82. The van der Waals surface area contributed by atoms with Crippen LogP contribution in [0, 0.1) is 51.8 Å². The van der Waals surface area contributed by atoms with Gasteiger partial charge in [0.05, 0.1) is 29.5 Å². The van der Waals surface area contributed by atoms with Crippen molar-refractivity contribution >= 4 is 24.9 Å². The number of carbonyl (C=O) groups is 2. The minimum Gasteiger partial charge on any atom is -0.481 e. The van der Waals surface area contributed by atoms with E-state index in [0.29, 0.717) is 18.3 Å². The number of hydrogen-bond acceptors (Lipinski definition) is 6. The number of ether oxygens (including phenoxy) is 3. The fourth-order valence-corrected chi connectivity index (χ4v) is 9.97. The zero-order chi connectivity index (χ0) is 25.5. The summed E-state index contributed by atoms with van der Waals surface area (Å²) in [6, 6.07) is 0. The third-order valence-corrected chi connectivity index (χ3v) is 11.8. The van der Waals surface area contributed by atoms with Crippen molar-refractivity contribution in [2.45, 2.75) is 84.0 Å². The Morgan fingerprint density at radius 3 is 2.60 bits per heavy atom. The second-order valence-electron chi connectivity index (χ2n) is 12.6. The lowest BCUT2D eigenvalue weighted by Crippen LogP contribution is -2.64. The number of hydrogen-bond donors (Lipinski definition) is 2. The van der Waals surface area contributed by atoms with E-state index in [2.05, 4.69) is 33.8 Å². The van der Waals surface area contributed by atoms with Crippen LogP contribution in [-0.4, -0.2) is 54.8 Å². The summed E-state index contributed by atoms with van der Waals surface area (Å²) in [5.74, 6) is 0.287. The van der Waals surface area contributed by atoms with Crippen LogP contribution < -0.4 is 0 Å². The van der Waals surface area contributed by atoms with Crippen molar-refractivity contribution < 1.29 is 28.9 Å². The van der Waals surface area contributed by atoms with E-state index in [1.165, 1.54) is 0 Å². The maximum absolute atomic E-state index is 13.5. The molecule has 196 valence electrons. The second-order valence-corrected chi connectivity index (χ2v) is 13.2. The number of methoxy groups -OCH3 is 1.